The normalized spacial score (nSPS) is 11.6. The van der Waals surface area contributed by atoms with Crippen molar-refractivity contribution in [2.24, 2.45) is 0 Å². The molecule has 0 saturated heterocycles. The lowest BCUT2D eigenvalue weighted by Crippen LogP contribution is -2.06. The second kappa shape index (κ2) is 6.57. The van der Waals surface area contributed by atoms with Gasteiger partial charge in [-0.2, -0.15) is 13.2 Å². The number of phenolic OH excluding ortho intramolecular Hbond substituents is 1. The number of phenols is 1. The number of hydrogen-bond acceptors (Lipinski definition) is 3. The third-order valence-corrected chi connectivity index (χ3v) is 3.29. The maximum absolute atomic E-state index is 12.9. The van der Waals surface area contributed by atoms with E-state index in [2.05, 4.69) is 6.58 Å². The molecule has 4 nitrogen and oxygen atoms in total. The number of alkyl halides is 3. The van der Waals surface area contributed by atoms with Crippen LogP contribution in [0.1, 0.15) is 16.7 Å². The van der Waals surface area contributed by atoms with Gasteiger partial charge < -0.3 is 5.11 Å². The lowest BCUT2D eigenvalue weighted by Gasteiger charge is -2.10. The molecule has 0 saturated carbocycles. The third-order valence-electron chi connectivity index (χ3n) is 3.29. The molecule has 1 N–H and O–H groups in total. The highest BCUT2D eigenvalue weighted by Crippen LogP contribution is 2.35. The van der Waals surface area contributed by atoms with E-state index >= 15 is 0 Å². The van der Waals surface area contributed by atoms with Crippen LogP contribution in [0.4, 0.5) is 18.9 Å². The van der Waals surface area contributed by atoms with Gasteiger partial charge in [0.1, 0.15) is 0 Å². The van der Waals surface area contributed by atoms with Gasteiger partial charge in [0.25, 0.3) is 0 Å². The zero-order valence-corrected chi connectivity index (χ0v) is 12.2. The van der Waals surface area contributed by atoms with Crippen molar-refractivity contribution in [2.75, 3.05) is 0 Å². The van der Waals surface area contributed by atoms with E-state index in [-0.39, 0.29) is 16.7 Å². The first-order chi connectivity index (χ1) is 11.2. The zero-order valence-electron chi connectivity index (χ0n) is 12.2. The first-order valence-corrected chi connectivity index (χ1v) is 6.71. The molecule has 0 heterocycles. The third kappa shape index (κ3) is 3.62. The van der Waals surface area contributed by atoms with Crippen LogP contribution in [-0.4, -0.2) is 10.0 Å². The fraction of sp³-hybridized carbons (Fsp3) is 0.0588. The molecule has 0 aliphatic rings. The van der Waals surface area contributed by atoms with E-state index in [4.69, 9.17) is 0 Å². The minimum Gasteiger partial charge on any atom is -0.502 e. The minimum absolute atomic E-state index is 0.0731. The van der Waals surface area contributed by atoms with Crippen molar-refractivity contribution in [1.29, 1.82) is 0 Å². The molecule has 0 radical (unpaired) electrons. The van der Waals surface area contributed by atoms with Crippen molar-refractivity contribution in [3.63, 3.8) is 0 Å². The lowest BCUT2D eigenvalue weighted by molar-refractivity contribution is -0.385. The largest absolute Gasteiger partial charge is 0.502 e. The summed E-state index contributed by atoms with van der Waals surface area (Å²) in [6.07, 6.45) is -2.04. The standard InChI is InChI=1S/C17H12F3NO3/c1-11(13-6-4-8-15(16(13)22)21(23)24)9-10-12-5-2-3-7-14(12)17(18,19)20/h2-10,22H,1H2/b10-9+. The van der Waals surface area contributed by atoms with Gasteiger partial charge in [-0.1, -0.05) is 49.1 Å². The number of hydrogen-bond donors (Lipinski definition) is 1. The van der Waals surface area contributed by atoms with Crippen LogP contribution in [-0.2, 0) is 6.18 Å². The molecule has 0 aliphatic carbocycles. The average molecular weight is 335 g/mol. The van der Waals surface area contributed by atoms with Gasteiger partial charge in [-0.15, -0.1) is 0 Å². The minimum atomic E-state index is -4.50. The van der Waals surface area contributed by atoms with E-state index in [1.807, 2.05) is 0 Å². The van der Waals surface area contributed by atoms with Gasteiger partial charge >= 0.3 is 11.9 Å². The van der Waals surface area contributed by atoms with Gasteiger partial charge in [0.05, 0.1) is 10.5 Å². The Morgan fingerprint density at radius 3 is 2.46 bits per heavy atom. The highest BCUT2D eigenvalue weighted by molar-refractivity contribution is 5.82. The predicted molar refractivity (Wildman–Crippen MR) is 84.3 cm³/mol. The maximum Gasteiger partial charge on any atom is 0.416 e. The number of benzene rings is 2. The molecule has 0 unspecified atom stereocenters. The summed E-state index contributed by atoms with van der Waals surface area (Å²) in [4.78, 5) is 10.0. The highest BCUT2D eigenvalue weighted by atomic mass is 19.4. The summed E-state index contributed by atoms with van der Waals surface area (Å²) in [6, 6.07) is 8.85. The molecule has 2 aromatic carbocycles. The highest BCUT2D eigenvalue weighted by Gasteiger charge is 2.32. The van der Waals surface area contributed by atoms with Crippen LogP contribution in [0.3, 0.4) is 0 Å². The Bertz CT molecular complexity index is 826. The van der Waals surface area contributed by atoms with E-state index in [0.717, 1.165) is 12.1 Å². The average Bonchev–Trinajstić information content (AvgIpc) is 2.52. The van der Waals surface area contributed by atoms with Crippen molar-refractivity contribution in [1.82, 2.24) is 0 Å². The first-order valence-electron chi connectivity index (χ1n) is 6.71. The molecule has 0 bridgehead atoms. The molecular formula is C17H12F3NO3. The molecule has 0 spiro atoms. The molecule has 124 valence electrons. The number of halogens is 3. The number of nitrogens with zero attached hydrogens (tertiary/aromatic N) is 1. The van der Waals surface area contributed by atoms with Crippen molar-refractivity contribution >= 4 is 17.3 Å². The number of aromatic hydroxyl groups is 1. The van der Waals surface area contributed by atoms with Crippen LogP contribution in [0.2, 0.25) is 0 Å². The molecule has 0 amide bonds. The molecule has 24 heavy (non-hydrogen) atoms. The SMILES string of the molecule is C=C(/C=C/c1ccccc1C(F)(F)F)c1cccc([N+](=O)[O-])c1O. The summed E-state index contributed by atoms with van der Waals surface area (Å²) in [6.45, 7) is 3.64. The number of para-hydroxylation sites is 1. The van der Waals surface area contributed by atoms with Gasteiger partial charge in [0.2, 0.25) is 5.75 Å². The zero-order chi connectivity index (χ0) is 17.9. The van der Waals surface area contributed by atoms with Crippen molar-refractivity contribution in [3.05, 3.63) is 81.9 Å². The molecule has 2 aromatic rings. The fourth-order valence-electron chi connectivity index (χ4n) is 2.12. The molecule has 0 aromatic heterocycles. The van der Waals surface area contributed by atoms with Crippen molar-refractivity contribution < 1.29 is 23.2 Å². The first kappa shape index (κ1) is 17.3. The molecule has 0 atom stereocenters. The maximum atomic E-state index is 12.9. The summed E-state index contributed by atoms with van der Waals surface area (Å²) in [5, 5.41) is 20.7. The predicted octanol–water partition coefficient (Wildman–Crippen LogP) is 5.05. The summed E-state index contributed by atoms with van der Waals surface area (Å²) >= 11 is 0. The van der Waals surface area contributed by atoms with Gasteiger partial charge in [-0.3, -0.25) is 10.1 Å². The molecule has 7 heteroatoms. The van der Waals surface area contributed by atoms with E-state index in [1.54, 1.807) is 0 Å². The van der Waals surface area contributed by atoms with Crippen LogP contribution >= 0.6 is 0 Å². The van der Waals surface area contributed by atoms with Crippen LogP contribution in [0, 0.1) is 10.1 Å². The lowest BCUT2D eigenvalue weighted by atomic mass is 10.0. The number of rotatable bonds is 4. The van der Waals surface area contributed by atoms with Gasteiger partial charge in [-0.05, 0) is 17.2 Å². The molecule has 0 fully saturated rings. The number of nitro benzene ring substituents is 1. The second-order valence-electron chi connectivity index (χ2n) is 4.87. The van der Waals surface area contributed by atoms with Gasteiger partial charge in [0.15, 0.2) is 0 Å². The van der Waals surface area contributed by atoms with Gasteiger partial charge in [-0.25, -0.2) is 0 Å². The number of nitro groups is 1. The van der Waals surface area contributed by atoms with Crippen LogP contribution in [0.15, 0.2) is 55.1 Å². The van der Waals surface area contributed by atoms with Crippen molar-refractivity contribution in [2.45, 2.75) is 6.18 Å². The Labute approximate surface area is 135 Å². The van der Waals surface area contributed by atoms with E-state index in [9.17, 15) is 28.4 Å². The molecular weight excluding hydrogens is 323 g/mol. The summed E-state index contributed by atoms with van der Waals surface area (Å²) in [5.74, 6) is -0.582. The van der Waals surface area contributed by atoms with E-state index in [1.165, 1.54) is 42.5 Å². The van der Waals surface area contributed by atoms with Crippen LogP contribution < -0.4 is 0 Å². The molecule has 2 rings (SSSR count). The summed E-state index contributed by atoms with van der Waals surface area (Å²) < 4.78 is 38.8. The Hall–Kier alpha value is -3.09. The Kier molecular flexibility index (Phi) is 4.73. The smallest absolute Gasteiger partial charge is 0.416 e. The van der Waals surface area contributed by atoms with E-state index in [0.29, 0.717) is 0 Å². The Balaban J connectivity index is 2.37. The number of allylic oxidation sites excluding steroid dienone is 2. The van der Waals surface area contributed by atoms with E-state index < -0.39 is 28.1 Å². The van der Waals surface area contributed by atoms with Crippen LogP contribution in [0.5, 0.6) is 5.75 Å². The quantitative estimate of drug-likeness (QED) is 0.483. The topological polar surface area (TPSA) is 63.4 Å². The summed E-state index contributed by atoms with van der Waals surface area (Å²) in [5.41, 5.74) is -1.16. The second-order valence-corrected chi connectivity index (χ2v) is 4.87. The summed E-state index contributed by atoms with van der Waals surface area (Å²) in [7, 11) is 0. The van der Waals surface area contributed by atoms with Crippen molar-refractivity contribution in [3.8, 4) is 5.75 Å². The fourth-order valence-corrected chi connectivity index (χ4v) is 2.12. The Morgan fingerprint density at radius 2 is 1.83 bits per heavy atom. The van der Waals surface area contributed by atoms with Gasteiger partial charge in [0, 0.05) is 11.6 Å². The molecule has 0 aliphatic heterocycles. The monoisotopic (exact) mass is 335 g/mol. The Morgan fingerprint density at radius 1 is 1.17 bits per heavy atom. The van der Waals surface area contributed by atoms with Crippen LogP contribution in [0.25, 0.3) is 11.6 Å².